The van der Waals surface area contributed by atoms with E-state index < -0.39 is 0 Å². The Labute approximate surface area is 152 Å². The molecule has 26 heavy (non-hydrogen) atoms. The number of hydrogen-bond acceptors (Lipinski definition) is 9. The molecule has 0 atom stereocenters. The number of nitrogens with zero attached hydrogens (tertiary/aromatic N) is 4. The van der Waals surface area contributed by atoms with Crippen LogP contribution in [0, 0.1) is 0 Å². The summed E-state index contributed by atoms with van der Waals surface area (Å²) in [5.41, 5.74) is 0.728. The van der Waals surface area contributed by atoms with Gasteiger partial charge in [-0.25, -0.2) is 0 Å². The molecule has 0 aliphatic heterocycles. The third-order valence-corrected chi connectivity index (χ3v) is 4.48. The fourth-order valence-electron chi connectivity index (χ4n) is 2.37. The number of rotatable bonds is 6. The first-order chi connectivity index (χ1) is 12.8. The average molecular weight is 370 g/mol. The van der Waals surface area contributed by atoms with Crippen molar-refractivity contribution in [3.63, 3.8) is 0 Å². The molecule has 0 aliphatic rings. The van der Waals surface area contributed by atoms with Gasteiger partial charge in [-0.2, -0.15) is 4.98 Å². The Kier molecular flexibility index (Phi) is 4.36. The highest BCUT2D eigenvalue weighted by molar-refractivity contribution is 7.13. The molecule has 4 rings (SSSR count). The van der Waals surface area contributed by atoms with Crippen LogP contribution in [0.2, 0.25) is 0 Å². The van der Waals surface area contributed by atoms with E-state index in [4.69, 9.17) is 18.4 Å². The van der Waals surface area contributed by atoms with E-state index in [1.54, 1.807) is 37.7 Å². The summed E-state index contributed by atoms with van der Waals surface area (Å²) in [5, 5.41) is 14.0. The SMILES string of the molecule is COc1ccc(-c2nnc(Cc3nc(-c4cccs4)no3)o2)cc1OC. The summed E-state index contributed by atoms with van der Waals surface area (Å²) in [4.78, 5) is 5.29. The van der Waals surface area contributed by atoms with Gasteiger partial charge in [0.1, 0.15) is 6.42 Å². The lowest BCUT2D eigenvalue weighted by atomic mass is 10.2. The first-order valence-electron chi connectivity index (χ1n) is 7.68. The van der Waals surface area contributed by atoms with Crippen molar-refractivity contribution >= 4 is 11.3 Å². The molecule has 0 radical (unpaired) electrons. The van der Waals surface area contributed by atoms with Crippen molar-refractivity contribution in [2.75, 3.05) is 14.2 Å². The van der Waals surface area contributed by atoms with Crippen molar-refractivity contribution in [2.24, 2.45) is 0 Å². The standard InChI is InChI=1S/C17H14N4O4S/c1-22-11-6-5-10(8-12(11)23-2)17-20-19-15(24-17)9-14-18-16(21-25-14)13-4-3-7-26-13/h3-8H,9H2,1-2H3. The molecule has 0 saturated carbocycles. The van der Waals surface area contributed by atoms with Crippen molar-refractivity contribution in [3.05, 3.63) is 47.5 Å². The number of benzene rings is 1. The highest BCUT2D eigenvalue weighted by Gasteiger charge is 2.16. The highest BCUT2D eigenvalue weighted by Crippen LogP contribution is 2.32. The Hall–Kier alpha value is -3.20. The van der Waals surface area contributed by atoms with Crippen molar-refractivity contribution in [3.8, 4) is 33.7 Å². The van der Waals surface area contributed by atoms with E-state index in [1.807, 2.05) is 23.6 Å². The van der Waals surface area contributed by atoms with Gasteiger partial charge in [-0.05, 0) is 29.6 Å². The second-order valence-corrected chi connectivity index (χ2v) is 6.18. The second-order valence-electron chi connectivity index (χ2n) is 5.24. The average Bonchev–Trinajstić information content (AvgIpc) is 3.42. The third-order valence-electron chi connectivity index (χ3n) is 3.61. The highest BCUT2D eigenvalue weighted by atomic mass is 32.1. The van der Waals surface area contributed by atoms with Gasteiger partial charge in [0.2, 0.25) is 23.5 Å². The number of thiophene rings is 1. The van der Waals surface area contributed by atoms with Crippen LogP contribution in [0.4, 0.5) is 0 Å². The Morgan fingerprint density at radius 3 is 2.69 bits per heavy atom. The molecule has 8 nitrogen and oxygen atoms in total. The number of hydrogen-bond donors (Lipinski definition) is 0. The molecule has 0 saturated heterocycles. The van der Waals surface area contributed by atoms with Gasteiger partial charge in [0.15, 0.2) is 11.5 Å². The lowest BCUT2D eigenvalue weighted by Gasteiger charge is -2.07. The van der Waals surface area contributed by atoms with Crippen molar-refractivity contribution < 1.29 is 18.4 Å². The Bertz CT molecular complexity index is 1010. The summed E-state index contributed by atoms with van der Waals surface area (Å²) < 4.78 is 21.5. The first kappa shape index (κ1) is 16.3. The Balaban J connectivity index is 1.53. The fraction of sp³-hybridized carbons (Fsp3) is 0.176. The lowest BCUT2D eigenvalue weighted by Crippen LogP contribution is -1.90. The van der Waals surface area contributed by atoms with Gasteiger partial charge < -0.3 is 18.4 Å². The molecule has 132 valence electrons. The maximum atomic E-state index is 5.70. The van der Waals surface area contributed by atoms with Crippen molar-refractivity contribution in [1.82, 2.24) is 20.3 Å². The van der Waals surface area contributed by atoms with Crippen LogP contribution in [-0.2, 0) is 6.42 Å². The Morgan fingerprint density at radius 1 is 1.04 bits per heavy atom. The van der Waals surface area contributed by atoms with Crippen LogP contribution in [0.5, 0.6) is 11.5 Å². The van der Waals surface area contributed by atoms with Crippen LogP contribution in [0.1, 0.15) is 11.8 Å². The topological polar surface area (TPSA) is 96.3 Å². The molecule has 0 N–H and O–H groups in total. The van der Waals surface area contributed by atoms with E-state index in [-0.39, 0.29) is 6.42 Å². The molecule has 4 aromatic rings. The summed E-state index contributed by atoms with van der Waals surface area (Å²) in [6.45, 7) is 0. The monoisotopic (exact) mass is 370 g/mol. The molecular formula is C17H14N4O4S. The zero-order chi connectivity index (χ0) is 17.9. The minimum atomic E-state index is 0.263. The third kappa shape index (κ3) is 3.16. The molecule has 0 aliphatic carbocycles. The second kappa shape index (κ2) is 6.96. The van der Waals surface area contributed by atoms with Crippen LogP contribution in [0.25, 0.3) is 22.2 Å². The van der Waals surface area contributed by atoms with Gasteiger partial charge in [0.05, 0.1) is 19.1 Å². The van der Waals surface area contributed by atoms with Gasteiger partial charge in [0.25, 0.3) is 0 Å². The maximum absolute atomic E-state index is 5.70. The van der Waals surface area contributed by atoms with E-state index >= 15 is 0 Å². The minimum absolute atomic E-state index is 0.263. The van der Waals surface area contributed by atoms with E-state index in [0.29, 0.717) is 35.0 Å². The predicted molar refractivity (Wildman–Crippen MR) is 93.3 cm³/mol. The smallest absolute Gasteiger partial charge is 0.247 e. The molecule has 9 heteroatoms. The van der Waals surface area contributed by atoms with Gasteiger partial charge in [-0.1, -0.05) is 11.2 Å². The van der Waals surface area contributed by atoms with E-state index in [1.165, 1.54) is 0 Å². The van der Waals surface area contributed by atoms with Crippen LogP contribution in [-0.4, -0.2) is 34.6 Å². The van der Waals surface area contributed by atoms with Crippen LogP contribution < -0.4 is 9.47 Å². The molecular weight excluding hydrogens is 356 g/mol. The zero-order valence-corrected chi connectivity index (χ0v) is 14.8. The maximum Gasteiger partial charge on any atom is 0.247 e. The summed E-state index contributed by atoms with van der Waals surface area (Å²) in [6.07, 6.45) is 0.263. The summed E-state index contributed by atoms with van der Waals surface area (Å²) >= 11 is 1.54. The van der Waals surface area contributed by atoms with E-state index in [9.17, 15) is 0 Å². The van der Waals surface area contributed by atoms with Crippen molar-refractivity contribution in [2.45, 2.75) is 6.42 Å². The van der Waals surface area contributed by atoms with Crippen LogP contribution in [0.3, 0.4) is 0 Å². The molecule has 3 heterocycles. The van der Waals surface area contributed by atoms with Crippen LogP contribution in [0.15, 0.2) is 44.7 Å². The van der Waals surface area contributed by atoms with Crippen molar-refractivity contribution in [1.29, 1.82) is 0 Å². The zero-order valence-electron chi connectivity index (χ0n) is 14.0. The summed E-state index contributed by atoms with van der Waals surface area (Å²) in [5.74, 6) is 2.94. The minimum Gasteiger partial charge on any atom is -0.493 e. The van der Waals surface area contributed by atoms with E-state index in [0.717, 1.165) is 10.4 Å². The molecule has 0 amide bonds. The first-order valence-corrected chi connectivity index (χ1v) is 8.56. The van der Waals surface area contributed by atoms with Gasteiger partial charge >= 0.3 is 0 Å². The number of aromatic nitrogens is 4. The molecule has 0 spiro atoms. The Morgan fingerprint density at radius 2 is 1.92 bits per heavy atom. The molecule has 0 bridgehead atoms. The molecule has 1 aromatic carbocycles. The summed E-state index contributed by atoms with van der Waals surface area (Å²) in [7, 11) is 3.15. The molecule has 0 fully saturated rings. The van der Waals surface area contributed by atoms with Gasteiger partial charge in [-0.15, -0.1) is 21.5 Å². The molecule has 0 unspecified atom stereocenters. The predicted octanol–water partition coefficient (Wildman–Crippen LogP) is 3.46. The number of methoxy groups -OCH3 is 2. The number of ether oxygens (including phenoxy) is 2. The fourth-order valence-corrected chi connectivity index (χ4v) is 3.02. The summed E-state index contributed by atoms with van der Waals surface area (Å²) in [6, 6.07) is 9.24. The van der Waals surface area contributed by atoms with E-state index in [2.05, 4.69) is 20.3 Å². The normalized spacial score (nSPS) is 10.8. The van der Waals surface area contributed by atoms with Gasteiger partial charge in [-0.3, -0.25) is 0 Å². The molecule has 3 aromatic heterocycles. The van der Waals surface area contributed by atoms with Crippen LogP contribution >= 0.6 is 11.3 Å². The quantitative estimate of drug-likeness (QED) is 0.509. The largest absolute Gasteiger partial charge is 0.493 e. The van der Waals surface area contributed by atoms with Gasteiger partial charge in [0, 0.05) is 5.56 Å². The lowest BCUT2D eigenvalue weighted by molar-refractivity contribution is 0.355.